The van der Waals surface area contributed by atoms with Crippen molar-refractivity contribution in [2.45, 2.75) is 6.42 Å². The maximum atomic E-state index is 2.20. The summed E-state index contributed by atoms with van der Waals surface area (Å²) in [5.74, 6) is 0. The summed E-state index contributed by atoms with van der Waals surface area (Å²) in [6.45, 7) is 0. The van der Waals surface area contributed by atoms with E-state index in [4.69, 9.17) is 0 Å². The van der Waals surface area contributed by atoms with Gasteiger partial charge in [0.15, 0.2) is 0 Å². The monoisotopic (exact) mass is 164 g/mol. The molecule has 0 radical (unpaired) electrons. The Balaban J connectivity index is 0.000000500. The van der Waals surface area contributed by atoms with Crippen molar-refractivity contribution in [3.05, 3.63) is 41.5 Å². The van der Waals surface area contributed by atoms with Gasteiger partial charge in [-0.15, -0.1) is 0 Å². The second kappa shape index (κ2) is 3.18. The smallest absolute Gasteiger partial charge is 0 e. The van der Waals surface area contributed by atoms with E-state index in [1.165, 1.54) is 11.1 Å². The van der Waals surface area contributed by atoms with Gasteiger partial charge >= 0.3 is 0 Å². The van der Waals surface area contributed by atoms with Crippen molar-refractivity contribution in [1.82, 2.24) is 0 Å². The number of rotatable bonds is 0. The topological polar surface area (TPSA) is 0 Å². The fraction of sp³-hybridized carbons (Fsp3) is 0.111. The van der Waals surface area contributed by atoms with Crippen LogP contribution in [0.2, 0.25) is 0 Å². The van der Waals surface area contributed by atoms with E-state index in [0.717, 1.165) is 6.42 Å². The van der Waals surface area contributed by atoms with E-state index in [0.29, 0.717) is 0 Å². The van der Waals surface area contributed by atoms with E-state index in [1.54, 1.807) is 0 Å². The third-order valence-corrected chi connectivity index (χ3v) is 1.69. The van der Waals surface area contributed by atoms with Gasteiger partial charge in [0.05, 0.1) is 0 Å². The molecule has 1 aromatic rings. The molecule has 0 heterocycles. The Morgan fingerprint density at radius 1 is 1.10 bits per heavy atom. The quantitative estimate of drug-likeness (QED) is 0.516. The summed E-state index contributed by atoms with van der Waals surface area (Å²) in [4.78, 5) is 0. The van der Waals surface area contributed by atoms with Crippen molar-refractivity contribution in [3.63, 3.8) is 0 Å². The van der Waals surface area contributed by atoms with Gasteiger partial charge in [0, 0.05) is 21.7 Å². The molecule has 0 unspecified atom stereocenters. The van der Waals surface area contributed by atoms with E-state index >= 15 is 0 Å². The minimum absolute atomic E-state index is 0. The SMILES string of the molecule is C1=Cc2ccccc2C1.[Ti]. The van der Waals surface area contributed by atoms with Gasteiger partial charge < -0.3 is 0 Å². The third-order valence-electron chi connectivity index (χ3n) is 1.69. The predicted molar refractivity (Wildman–Crippen MR) is 39.2 cm³/mol. The minimum atomic E-state index is 0. The van der Waals surface area contributed by atoms with E-state index in [2.05, 4.69) is 36.4 Å². The van der Waals surface area contributed by atoms with Gasteiger partial charge in [-0.2, -0.15) is 0 Å². The summed E-state index contributed by atoms with van der Waals surface area (Å²) < 4.78 is 0. The summed E-state index contributed by atoms with van der Waals surface area (Å²) in [5.41, 5.74) is 2.84. The molecule has 0 aromatic heterocycles. The maximum Gasteiger partial charge on any atom is 0 e. The Morgan fingerprint density at radius 2 is 1.90 bits per heavy atom. The van der Waals surface area contributed by atoms with Crippen LogP contribution in [0.4, 0.5) is 0 Å². The van der Waals surface area contributed by atoms with E-state index in [9.17, 15) is 0 Å². The summed E-state index contributed by atoms with van der Waals surface area (Å²) >= 11 is 0. The molecule has 0 amide bonds. The molecule has 1 aromatic carbocycles. The van der Waals surface area contributed by atoms with Crippen LogP contribution in [-0.4, -0.2) is 0 Å². The zero-order valence-electron chi connectivity index (χ0n) is 5.67. The average Bonchev–Trinajstić information content (AvgIpc) is 2.33. The first-order valence-electron chi connectivity index (χ1n) is 3.21. The summed E-state index contributed by atoms with van der Waals surface area (Å²) in [6, 6.07) is 8.49. The normalized spacial score (nSPS) is 12.4. The van der Waals surface area contributed by atoms with Gasteiger partial charge in [-0.1, -0.05) is 36.4 Å². The zero-order chi connectivity index (χ0) is 6.10. The van der Waals surface area contributed by atoms with Gasteiger partial charge in [-0.3, -0.25) is 0 Å². The molecule has 0 saturated carbocycles. The molecule has 0 atom stereocenters. The number of hydrogen-bond acceptors (Lipinski definition) is 0. The van der Waals surface area contributed by atoms with E-state index < -0.39 is 0 Å². The van der Waals surface area contributed by atoms with Gasteiger partial charge in [0.25, 0.3) is 0 Å². The third kappa shape index (κ3) is 1.23. The fourth-order valence-electron chi connectivity index (χ4n) is 1.20. The van der Waals surface area contributed by atoms with Crippen LogP contribution in [0, 0.1) is 0 Å². The molecule has 1 aliphatic carbocycles. The summed E-state index contributed by atoms with van der Waals surface area (Å²) in [7, 11) is 0. The first-order valence-corrected chi connectivity index (χ1v) is 3.21. The van der Waals surface area contributed by atoms with Crippen LogP contribution in [-0.2, 0) is 28.1 Å². The molecule has 0 nitrogen and oxygen atoms in total. The molecule has 0 fully saturated rings. The molecule has 1 aliphatic rings. The van der Waals surface area contributed by atoms with Gasteiger partial charge in [0.2, 0.25) is 0 Å². The van der Waals surface area contributed by atoms with E-state index in [1.807, 2.05) is 0 Å². The molecule has 0 saturated heterocycles. The van der Waals surface area contributed by atoms with Crippen molar-refractivity contribution in [1.29, 1.82) is 0 Å². The molecule has 1 heteroatoms. The van der Waals surface area contributed by atoms with Crippen molar-refractivity contribution < 1.29 is 21.7 Å². The fourth-order valence-corrected chi connectivity index (χ4v) is 1.20. The Morgan fingerprint density at radius 3 is 2.70 bits per heavy atom. The Hall–Kier alpha value is -0.326. The van der Waals surface area contributed by atoms with Crippen molar-refractivity contribution in [2.24, 2.45) is 0 Å². The number of fused-ring (bicyclic) bond motifs is 1. The van der Waals surface area contributed by atoms with Crippen LogP contribution in [0.25, 0.3) is 6.08 Å². The van der Waals surface area contributed by atoms with Crippen LogP contribution in [0.3, 0.4) is 0 Å². The zero-order valence-corrected chi connectivity index (χ0v) is 7.23. The number of allylic oxidation sites excluding steroid dienone is 1. The van der Waals surface area contributed by atoms with Crippen LogP contribution >= 0.6 is 0 Å². The second-order valence-electron chi connectivity index (χ2n) is 2.31. The molecule has 48 valence electrons. The van der Waals surface area contributed by atoms with Gasteiger partial charge in [-0.05, 0) is 17.5 Å². The van der Waals surface area contributed by atoms with Crippen LogP contribution in [0.15, 0.2) is 30.3 Å². The number of hydrogen-bond donors (Lipinski definition) is 0. The van der Waals surface area contributed by atoms with Gasteiger partial charge in [-0.25, -0.2) is 0 Å². The predicted octanol–water partition coefficient (Wildman–Crippen LogP) is 2.25. The maximum absolute atomic E-state index is 2.20. The largest absolute Gasteiger partial charge is 0.0795 e. The average molecular weight is 164 g/mol. The van der Waals surface area contributed by atoms with Crippen LogP contribution < -0.4 is 0 Å². The Bertz CT molecular complexity index is 251. The molecule has 10 heavy (non-hydrogen) atoms. The molecule has 0 bridgehead atoms. The first-order chi connectivity index (χ1) is 4.47. The Kier molecular flexibility index (Phi) is 2.47. The van der Waals surface area contributed by atoms with Crippen molar-refractivity contribution in [3.8, 4) is 0 Å². The summed E-state index contributed by atoms with van der Waals surface area (Å²) in [6.07, 6.45) is 5.50. The molecular weight excluding hydrogens is 156 g/mol. The molecule has 0 spiro atoms. The van der Waals surface area contributed by atoms with Crippen LogP contribution in [0.5, 0.6) is 0 Å². The minimum Gasteiger partial charge on any atom is -0.0795 e. The second-order valence-corrected chi connectivity index (χ2v) is 2.31. The molecule has 2 rings (SSSR count). The molecular formula is C9H8Ti. The van der Waals surface area contributed by atoms with Gasteiger partial charge in [0.1, 0.15) is 0 Å². The first kappa shape index (κ1) is 7.78. The Labute approximate surface area is 75.8 Å². The molecule has 0 N–H and O–H groups in total. The van der Waals surface area contributed by atoms with Crippen LogP contribution in [0.1, 0.15) is 11.1 Å². The summed E-state index contributed by atoms with van der Waals surface area (Å²) in [5, 5.41) is 0. The van der Waals surface area contributed by atoms with E-state index in [-0.39, 0.29) is 21.7 Å². The number of benzene rings is 1. The van der Waals surface area contributed by atoms with Crippen molar-refractivity contribution >= 4 is 6.08 Å². The molecule has 0 aliphatic heterocycles. The standard InChI is InChI=1S/C9H8.Ti/c1-2-5-9-7-3-6-8(9)4-1;/h1-6H,7H2;. The van der Waals surface area contributed by atoms with Crippen molar-refractivity contribution in [2.75, 3.05) is 0 Å².